The van der Waals surface area contributed by atoms with Crippen LogP contribution >= 0.6 is 23.2 Å². The molecule has 11 heteroatoms. The smallest absolute Gasteiger partial charge is 0.130 e. The van der Waals surface area contributed by atoms with E-state index in [4.69, 9.17) is 28.5 Å². The number of hydrogen-bond acceptors (Lipinski definition) is 6. The van der Waals surface area contributed by atoms with E-state index in [0.29, 0.717) is 44.8 Å². The topological polar surface area (TPSA) is 88.2 Å². The van der Waals surface area contributed by atoms with Crippen molar-refractivity contribution in [1.29, 1.82) is 5.26 Å². The molecule has 0 unspecified atom stereocenters. The van der Waals surface area contributed by atoms with Gasteiger partial charge in [-0.25, -0.2) is 13.2 Å². The van der Waals surface area contributed by atoms with Crippen LogP contribution in [-0.2, 0) is 25.7 Å². The van der Waals surface area contributed by atoms with Crippen LogP contribution in [0.2, 0.25) is 10.0 Å². The molecule has 428 valence electrons. The average molecular weight is 1150 g/mol. The van der Waals surface area contributed by atoms with Crippen molar-refractivity contribution in [3.63, 3.8) is 0 Å². The Labute approximate surface area is 500 Å². The van der Waals surface area contributed by atoms with Gasteiger partial charge in [0.1, 0.15) is 17.5 Å². The first kappa shape index (κ1) is 64.4. The average Bonchev–Trinajstić information content (AvgIpc) is 4.46. The second-order valence-electron chi connectivity index (χ2n) is 21.9. The van der Waals surface area contributed by atoms with Crippen LogP contribution in [0.4, 0.5) is 13.2 Å². The van der Waals surface area contributed by atoms with Crippen LogP contribution in [0.3, 0.4) is 0 Å². The molecule has 8 aromatic rings. The van der Waals surface area contributed by atoms with Crippen LogP contribution in [0, 0.1) is 35.7 Å². The number of pyridine rings is 3. The summed E-state index contributed by atoms with van der Waals surface area (Å²) in [5, 5.41) is 18.9. The monoisotopic (exact) mass is 1150 g/mol. The minimum absolute atomic E-state index is 0. The lowest BCUT2D eigenvalue weighted by Gasteiger charge is -2.11. The first-order valence-electron chi connectivity index (χ1n) is 27.1. The fourth-order valence-corrected chi connectivity index (χ4v) is 11.1. The van der Waals surface area contributed by atoms with Gasteiger partial charge in [0.15, 0.2) is 0 Å². The summed E-state index contributed by atoms with van der Waals surface area (Å²) < 4.78 is 41.3. The summed E-state index contributed by atoms with van der Waals surface area (Å²) in [7, 11) is 0. The molecule has 4 aromatic carbocycles. The Morgan fingerprint density at radius 3 is 1.19 bits per heavy atom. The number of aryl methyl sites for hydroxylation is 1. The van der Waals surface area contributed by atoms with Crippen molar-refractivity contribution in [2.75, 3.05) is 0 Å². The molecule has 0 aliphatic heterocycles. The second kappa shape index (κ2) is 28.0. The van der Waals surface area contributed by atoms with E-state index in [9.17, 15) is 13.2 Å². The molecule has 0 saturated carbocycles. The molecule has 4 aliphatic carbocycles. The maximum absolute atomic E-state index is 13.8. The molecule has 0 bridgehead atoms. The van der Waals surface area contributed by atoms with Gasteiger partial charge in [-0.05, 0) is 181 Å². The van der Waals surface area contributed by atoms with Crippen LogP contribution in [0.15, 0.2) is 122 Å². The number of aromatic nitrogens is 5. The van der Waals surface area contributed by atoms with Crippen LogP contribution in [-0.4, -0.2) is 25.1 Å². The first-order chi connectivity index (χ1) is 38.4. The van der Waals surface area contributed by atoms with Gasteiger partial charge in [-0.15, -0.1) is 0 Å². The van der Waals surface area contributed by atoms with E-state index in [2.05, 4.69) is 118 Å². The van der Waals surface area contributed by atoms with Gasteiger partial charge in [-0.2, -0.15) is 15.5 Å². The Bertz CT molecular complexity index is 3550. The lowest BCUT2D eigenvalue weighted by atomic mass is 9.97. The molecule has 0 spiro atoms. The van der Waals surface area contributed by atoms with Crippen molar-refractivity contribution < 1.29 is 13.2 Å². The van der Waals surface area contributed by atoms with Gasteiger partial charge in [0.2, 0.25) is 0 Å². The number of nitrogens with zero attached hydrogens (tertiary/aromatic N) is 6. The number of benzene rings is 4. The number of halogens is 5. The molecular formula is C72H75Cl2F3N6. The van der Waals surface area contributed by atoms with E-state index in [0.717, 1.165) is 115 Å². The third-order valence-electron chi connectivity index (χ3n) is 15.0. The van der Waals surface area contributed by atoms with Gasteiger partial charge in [0.25, 0.3) is 0 Å². The van der Waals surface area contributed by atoms with Crippen LogP contribution in [0.25, 0.3) is 46.6 Å². The van der Waals surface area contributed by atoms with Gasteiger partial charge < -0.3 is 0 Å². The SMILES string of the molecule is C.C.C.CC(C)c1cc(C2=Cc3c(F)cccc3C2)ncc1Cl.CC(C)c1cc(C2=Cc3c(F)cccc3C2)ncc1Cl.CC(C)c1cnnc(C2=Cc3c(C#N)cccc3C2)c1.Cc1cnc(C2=Cc3c(F)cccc3C2)cc1C(C)C. The van der Waals surface area contributed by atoms with Crippen molar-refractivity contribution in [1.82, 2.24) is 25.1 Å². The largest absolute Gasteiger partial charge is 0.256 e. The van der Waals surface area contributed by atoms with Crippen molar-refractivity contribution in [2.45, 2.75) is 134 Å². The fraction of sp³-hybridized carbons (Fsp3) is 0.278. The molecule has 4 heterocycles. The summed E-state index contributed by atoms with van der Waals surface area (Å²) >= 11 is 12.3. The minimum atomic E-state index is -0.171. The van der Waals surface area contributed by atoms with E-state index < -0.39 is 0 Å². The van der Waals surface area contributed by atoms with Crippen molar-refractivity contribution in [2.24, 2.45) is 0 Å². The first-order valence-corrected chi connectivity index (χ1v) is 27.9. The third kappa shape index (κ3) is 14.5. The van der Waals surface area contributed by atoms with E-state index in [1.54, 1.807) is 30.6 Å². The Balaban J connectivity index is 0.000000176. The number of allylic oxidation sites excluding steroid dienone is 4. The van der Waals surface area contributed by atoms with E-state index in [1.807, 2.05) is 73.1 Å². The lowest BCUT2D eigenvalue weighted by molar-refractivity contribution is 0.623. The Morgan fingerprint density at radius 2 is 0.807 bits per heavy atom. The summed E-state index contributed by atoms with van der Waals surface area (Å²) in [6, 6.07) is 32.1. The Hall–Kier alpha value is -7.77. The highest BCUT2D eigenvalue weighted by molar-refractivity contribution is 6.31. The molecule has 6 nitrogen and oxygen atoms in total. The molecule has 0 saturated heterocycles. The zero-order chi connectivity index (χ0) is 56.9. The van der Waals surface area contributed by atoms with Crippen LogP contribution in [0.5, 0.6) is 0 Å². The normalized spacial score (nSPS) is 12.9. The maximum Gasteiger partial charge on any atom is 0.130 e. The molecule has 12 rings (SSSR count). The van der Waals surface area contributed by atoms with Crippen LogP contribution in [0.1, 0.15) is 202 Å². The molecule has 4 aliphatic rings. The second-order valence-corrected chi connectivity index (χ2v) is 22.7. The van der Waals surface area contributed by atoms with Gasteiger partial charge >= 0.3 is 0 Å². The van der Waals surface area contributed by atoms with Crippen molar-refractivity contribution in [3.05, 3.63) is 250 Å². The van der Waals surface area contributed by atoms with Crippen molar-refractivity contribution >= 4 is 69.8 Å². The predicted octanol–water partition coefficient (Wildman–Crippen LogP) is 20.4. The molecule has 0 fully saturated rings. The molecule has 0 radical (unpaired) electrons. The van der Waals surface area contributed by atoms with Gasteiger partial charge in [-0.3, -0.25) is 15.0 Å². The molecular weight excluding hydrogens is 1080 g/mol. The van der Waals surface area contributed by atoms with Gasteiger partial charge in [0, 0.05) is 61.0 Å². The summed E-state index contributed by atoms with van der Waals surface area (Å²) in [4.78, 5) is 13.3. The summed E-state index contributed by atoms with van der Waals surface area (Å²) in [5.41, 5.74) is 22.0. The summed E-state index contributed by atoms with van der Waals surface area (Å²) in [5.74, 6) is 1.09. The highest BCUT2D eigenvalue weighted by atomic mass is 35.5. The number of hydrogen-bond donors (Lipinski definition) is 0. The molecule has 0 amide bonds. The summed E-state index contributed by atoms with van der Waals surface area (Å²) in [6.07, 6.45) is 17.9. The van der Waals surface area contributed by atoms with E-state index >= 15 is 0 Å². The zero-order valence-corrected chi connectivity index (χ0v) is 48.1. The van der Waals surface area contributed by atoms with Gasteiger partial charge in [-0.1, -0.05) is 149 Å². The predicted molar refractivity (Wildman–Crippen MR) is 343 cm³/mol. The zero-order valence-electron chi connectivity index (χ0n) is 46.6. The fourth-order valence-electron chi connectivity index (χ4n) is 10.4. The molecule has 83 heavy (non-hydrogen) atoms. The standard InChI is InChI=1S/C18H18FN.2C17H15ClFN.C17H15N3.3CH4/c1-11(2)15-9-18(20-10-12(15)3)14-7-13-5-4-6-17(19)16(13)8-14;2*1-10(2)13-8-17(20-9-15(13)18)12-6-11-4-3-5-16(19)14(11)7-12;1-11(2)15-8-17(20-19-10-15)14-6-12-4-3-5-13(9-18)16(12)7-14;;;/h4-6,8-11H,7H2,1-3H3;2*3-5,7-10H,6H2,1-2H3;3-5,7-8,10-11H,6H2,1-2H3;3*1H4. The summed E-state index contributed by atoms with van der Waals surface area (Å²) in [6.45, 7) is 19.1. The van der Waals surface area contributed by atoms with Crippen molar-refractivity contribution in [3.8, 4) is 6.07 Å². The van der Waals surface area contributed by atoms with Crippen LogP contribution < -0.4 is 0 Å². The van der Waals surface area contributed by atoms with E-state index in [1.165, 1.54) is 40.5 Å². The Morgan fingerprint density at radius 1 is 0.446 bits per heavy atom. The molecule has 0 atom stereocenters. The van der Waals surface area contributed by atoms with Gasteiger partial charge in [0.05, 0.1) is 50.7 Å². The quantitative estimate of drug-likeness (QED) is 0.151. The number of nitriles is 1. The maximum atomic E-state index is 13.8. The third-order valence-corrected chi connectivity index (χ3v) is 15.6. The minimum Gasteiger partial charge on any atom is -0.256 e. The molecule has 4 aromatic heterocycles. The number of fused-ring (bicyclic) bond motifs is 4. The lowest BCUT2D eigenvalue weighted by Crippen LogP contribution is -1.97. The number of rotatable bonds is 8. The Kier molecular flexibility index (Phi) is 21.7. The highest BCUT2D eigenvalue weighted by Crippen LogP contribution is 2.38. The van der Waals surface area contributed by atoms with E-state index in [-0.39, 0.29) is 39.7 Å². The highest BCUT2D eigenvalue weighted by Gasteiger charge is 2.23. The molecule has 0 N–H and O–H groups in total.